The molecule has 0 spiro atoms. The minimum Gasteiger partial charge on any atom is -0.381 e. The molecule has 1 unspecified atom stereocenters. The topological polar surface area (TPSA) is 56.3 Å². The summed E-state index contributed by atoms with van der Waals surface area (Å²) in [5, 5.41) is 0. The first kappa shape index (κ1) is 23.5. The Morgan fingerprint density at radius 1 is 0.933 bits per heavy atom. The lowest BCUT2D eigenvalue weighted by Crippen LogP contribution is -2.55. The second kappa shape index (κ2) is 12.0. The number of likely N-dealkylation sites (tertiary alicyclic amines) is 2. The fourth-order valence-electron chi connectivity index (χ4n) is 5.21. The molecule has 0 saturated carbocycles. The lowest BCUT2D eigenvalue weighted by Gasteiger charge is -2.44. The molecule has 7 nitrogen and oxygen atoms in total. The fourth-order valence-corrected chi connectivity index (χ4v) is 5.21. The van der Waals surface area contributed by atoms with E-state index in [0.29, 0.717) is 18.5 Å². The number of rotatable bonds is 8. The summed E-state index contributed by atoms with van der Waals surface area (Å²) < 4.78 is 5.59. The van der Waals surface area contributed by atoms with Crippen molar-refractivity contribution >= 4 is 11.8 Å². The zero-order valence-corrected chi connectivity index (χ0v) is 19.2. The maximum atomic E-state index is 12.7. The fraction of sp³-hybridized carbons (Fsp3) is 0.913. The summed E-state index contributed by atoms with van der Waals surface area (Å²) in [4.78, 5) is 33.6. The number of carbonyl (C=O) groups is 2. The Labute approximate surface area is 182 Å². The minimum atomic E-state index is 0.177. The summed E-state index contributed by atoms with van der Waals surface area (Å²) in [5.41, 5.74) is 0. The quantitative estimate of drug-likeness (QED) is 0.597. The van der Waals surface area contributed by atoms with Crippen LogP contribution in [0.5, 0.6) is 0 Å². The van der Waals surface area contributed by atoms with Crippen LogP contribution in [-0.2, 0) is 14.3 Å². The molecule has 3 heterocycles. The lowest BCUT2D eigenvalue weighted by molar-refractivity contribution is -0.131. The third-order valence-corrected chi connectivity index (χ3v) is 7.18. The third kappa shape index (κ3) is 6.92. The molecule has 3 aliphatic heterocycles. The number of hydrogen-bond acceptors (Lipinski definition) is 5. The van der Waals surface area contributed by atoms with Crippen LogP contribution in [0.4, 0.5) is 0 Å². The molecule has 30 heavy (non-hydrogen) atoms. The van der Waals surface area contributed by atoms with Crippen LogP contribution in [0, 0.1) is 0 Å². The maximum Gasteiger partial charge on any atom is 0.223 e. The standard InChI is InChI=1S/C23H42N4O3/c1-20(28)26-13-6-7-22(19-26)27(21-9-17-30-18-10-21)16-15-24(2)23(29)8-14-25-11-4-3-5-12-25/h21-22H,3-19H2,1-2H3. The van der Waals surface area contributed by atoms with Crippen LogP contribution in [0.2, 0.25) is 0 Å². The van der Waals surface area contributed by atoms with E-state index in [1.54, 1.807) is 6.92 Å². The summed E-state index contributed by atoms with van der Waals surface area (Å²) in [6.07, 6.45) is 8.77. The van der Waals surface area contributed by atoms with E-state index in [9.17, 15) is 9.59 Å². The molecule has 0 aromatic rings. The SMILES string of the molecule is CC(=O)N1CCCC(N(CCN(C)C(=O)CCN2CCCCC2)C2CCOCC2)C1. The van der Waals surface area contributed by atoms with Crippen molar-refractivity contribution in [3.05, 3.63) is 0 Å². The van der Waals surface area contributed by atoms with Crippen molar-refractivity contribution in [2.45, 2.75) is 70.4 Å². The van der Waals surface area contributed by atoms with E-state index in [0.717, 1.165) is 84.7 Å². The van der Waals surface area contributed by atoms with E-state index in [1.807, 2.05) is 16.8 Å². The summed E-state index contributed by atoms with van der Waals surface area (Å²) in [6, 6.07) is 0.884. The van der Waals surface area contributed by atoms with Crippen LogP contribution < -0.4 is 0 Å². The van der Waals surface area contributed by atoms with Crippen molar-refractivity contribution in [3.63, 3.8) is 0 Å². The molecule has 1 atom stereocenters. The molecule has 3 rings (SSSR count). The Morgan fingerprint density at radius 2 is 1.67 bits per heavy atom. The van der Waals surface area contributed by atoms with Gasteiger partial charge in [0.15, 0.2) is 0 Å². The van der Waals surface area contributed by atoms with E-state index in [-0.39, 0.29) is 11.8 Å². The van der Waals surface area contributed by atoms with Gasteiger partial charge in [-0.2, -0.15) is 0 Å². The highest BCUT2D eigenvalue weighted by Crippen LogP contribution is 2.23. The van der Waals surface area contributed by atoms with Gasteiger partial charge in [0.1, 0.15) is 0 Å². The van der Waals surface area contributed by atoms with Crippen LogP contribution in [0.3, 0.4) is 0 Å². The second-order valence-electron chi connectivity index (χ2n) is 9.31. The van der Waals surface area contributed by atoms with Crippen molar-refractivity contribution in [1.29, 1.82) is 0 Å². The van der Waals surface area contributed by atoms with Gasteiger partial charge in [-0.1, -0.05) is 6.42 Å². The molecule has 2 amide bonds. The molecule has 0 bridgehead atoms. The van der Waals surface area contributed by atoms with Crippen molar-refractivity contribution in [3.8, 4) is 0 Å². The zero-order chi connectivity index (χ0) is 21.3. The third-order valence-electron chi connectivity index (χ3n) is 7.18. The molecule has 3 saturated heterocycles. The average Bonchev–Trinajstić information content (AvgIpc) is 2.79. The first-order valence-electron chi connectivity index (χ1n) is 12.1. The minimum absolute atomic E-state index is 0.177. The number of nitrogens with zero attached hydrogens (tertiary/aromatic N) is 4. The Hall–Kier alpha value is -1.18. The molecular weight excluding hydrogens is 380 g/mol. The summed E-state index contributed by atoms with van der Waals surface area (Å²) in [6.45, 7) is 9.82. The van der Waals surface area contributed by atoms with Crippen LogP contribution in [0.15, 0.2) is 0 Å². The van der Waals surface area contributed by atoms with Crippen molar-refractivity contribution in [2.24, 2.45) is 0 Å². The van der Waals surface area contributed by atoms with Gasteiger partial charge in [-0.3, -0.25) is 14.5 Å². The normalized spacial score (nSPS) is 24.2. The van der Waals surface area contributed by atoms with E-state index < -0.39 is 0 Å². The summed E-state index contributed by atoms with van der Waals surface area (Å²) >= 11 is 0. The van der Waals surface area contributed by atoms with Gasteiger partial charge in [0.2, 0.25) is 11.8 Å². The molecule has 0 aliphatic carbocycles. The van der Waals surface area contributed by atoms with Crippen LogP contribution in [0.25, 0.3) is 0 Å². The zero-order valence-electron chi connectivity index (χ0n) is 19.2. The van der Waals surface area contributed by atoms with Gasteiger partial charge in [-0.05, 0) is 51.6 Å². The van der Waals surface area contributed by atoms with Gasteiger partial charge >= 0.3 is 0 Å². The van der Waals surface area contributed by atoms with Crippen LogP contribution >= 0.6 is 0 Å². The Bertz CT molecular complexity index is 547. The molecule has 3 aliphatic rings. The number of likely N-dealkylation sites (N-methyl/N-ethyl adjacent to an activating group) is 1. The van der Waals surface area contributed by atoms with Gasteiger partial charge in [0.05, 0.1) is 0 Å². The smallest absolute Gasteiger partial charge is 0.223 e. The molecule has 172 valence electrons. The molecule has 0 aromatic heterocycles. The number of piperidine rings is 2. The van der Waals surface area contributed by atoms with Crippen molar-refractivity contribution in [1.82, 2.24) is 19.6 Å². The molecular formula is C23H42N4O3. The predicted octanol–water partition coefficient (Wildman–Crippen LogP) is 1.81. The first-order valence-corrected chi connectivity index (χ1v) is 12.1. The van der Waals surface area contributed by atoms with E-state index in [1.165, 1.54) is 19.3 Å². The number of hydrogen-bond donors (Lipinski definition) is 0. The van der Waals surface area contributed by atoms with Gasteiger partial charge in [0, 0.05) is 78.4 Å². The summed E-state index contributed by atoms with van der Waals surface area (Å²) in [5.74, 6) is 0.429. The second-order valence-corrected chi connectivity index (χ2v) is 9.31. The van der Waals surface area contributed by atoms with Crippen LogP contribution in [0.1, 0.15) is 58.3 Å². The van der Waals surface area contributed by atoms with Crippen LogP contribution in [-0.4, -0.2) is 110 Å². The van der Waals surface area contributed by atoms with E-state index in [2.05, 4.69) is 9.80 Å². The molecule has 0 radical (unpaired) electrons. The lowest BCUT2D eigenvalue weighted by atomic mass is 9.98. The highest BCUT2D eigenvalue weighted by molar-refractivity contribution is 5.76. The highest BCUT2D eigenvalue weighted by Gasteiger charge is 2.32. The van der Waals surface area contributed by atoms with Gasteiger partial charge < -0.3 is 19.4 Å². The van der Waals surface area contributed by atoms with E-state index >= 15 is 0 Å². The van der Waals surface area contributed by atoms with Crippen molar-refractivity contribution < 1.29 is 14.3 Å². The van der Waals surface area contributed by atoms with Gasteiger partial charge in [-0.15, -0.1) is 0 Å². The molecule has 0 aromatic carbocycles. The first-order chi connectivity index (χ1) is 14.5. The molecule has 0 N–H and O–H groups in total. The maximum absolute atomic E-state index is 12.7. The summed E-state index contributed by atoms with van der Waals surface area (Å²) in [7, 11) is 1.95. The Balaban J connectivity index is 1.51. The molecule has 3 fully saturated rings. The Kier molecular flexibility index (Phi) is 9.40. The number of ether oxygens (including phenoxy) is 1. The van der Waals surface area contributed by atoms with Gasteiger partial charge in [-0.25, -0.2) is 0 Å². The molecule has 7 heteroatoms. The number of carbonyl (C=O) groups excluding carboxylic acids is 2. The van der Waals surface area contributed by atoms with Gasteiger partial charge in [0.25, 0.3) is 0 Å². The number of amides is 2. The largest absolute Gasteiger partial charge is 0.381 e. The van der Waals surface area contributed by atoms with E-state index in [4.69, 9.17) is 4.74 Å². The highest BCUT2D eigenvalue weighted by atomic mass is 16.5. The Morgan fingerprint density at radius 3 is 2.37 bits per heavy atom. The predicted molar refractivity (Wildman–Crippen MR) is 118 cm³/mol. The van der Waals surface area contributed by atoms with Crippen molar-refractivity contribution in [2.75, 3.05) is 66.1 Å². The monoisotopic (exact) mass is 422 g/mol. The average molecular weight is 423 g/mol.